The molecular formula is C40H68N6O4. The molecule has 4 aliphatic carbocycles. The van der Waals surface area contributed by atoms with Crippen molar-refractivity contribution >= 4 is 11.9 Å². The van der Waals surface area contributed by atoms with Crippen LogP contribution in [0.3, 0.4) is 0 Å². The normalized spacial score (nSPS) is 43.1. The van der Waals surface area contributed by atoms with E-state index in [4.69, 9.17) is 15.2 Å². The first-order valence-electron chi connectivity index (χ1n) is 19.6. The summed E-state index contributed by atoms with van der Waals surface area (Å²) in [6.07, 6.45) is 8.84. The summed E-state index contributed by atoms with van der Waals surface area (Å²) in [4.78, 5) is 17.7. The van der Waals surface area contributed by atoms with Crippen molar-refractivity contribution in [1.82, 2.24) is 25.1 Å². The maximum atomic E-state index is 13.6. The van der Waals surface area contributed by atoms with Crippen LogP contribution >= 0.6 is 0 Å². The smallest absolute Gasteiger partial charge is 0.307 e. The summed E-state index contributed by atoms with van der Waals surface area (Å²) in [5.41, 5.74) is 6.04. The van der Waals surface area contributed by atoms with Gasteiger partial charge < -0.3 is 25.2 Å². The van der Waals surface area contributed by atoms with Gasteiger partial charge in [0.25, 0.3) is 5.95 Å². The lowest BCUT2D eigenvalue weighted by atomic mass is 9.34. The zero-order valence-corrected chi connectivity index (χ0v) is 33.3. The second-order valence-corrected chi connectivity index (χ2v) is 19.4. The van der Waals surface area contributed by atoms with E-state index in [-0.39, 0.29) is 45.8 Å². The van der Waals surface area contributed by atoms with Crippen molar-refractivity contribution in [2.75, 3.05) is 39.6 Å². The summed E-state index contributed by atoms with van der Waals surface area (Å²) in [6, 6.07) is -0.164. The molecule has 4 fully saturated rings. The Morgan fingerprint density at radius 2 is 1.82 bits per heavy atom. The molecule has 282 valence electrons. The molecule has 0 amide bonds. The van der Waals surface area contributed by atoms with E-state index in [2.05, 4.69) is 110 Å². The Labute approximate surface area is 301 Å². The molecule has 1 saturated heterocycles. The maximum absolute atomic E-state index is 13.6. The van der Waals surface area contributed by atoms with Gasteiger partial charge in [0, 0.05) is 11.0 Å². The van der Waals surface area contributed by atoms with Crippen LogP contribution in [-0.2, 0) is 14.3 Å². The van der Waals surface area contributed by atoms with Crippen LogP contribution in [0.1, 0.15) is 120 Å². The Bertz CT molecular complexity index is 1470. The van der Waals surface area contributed by atoms with Crippen LogP contribution in [0.2, 0.25) is 0 Å². The summed E-state index contributed by atoms with van der Waals surface area (Å²) in [5, 5.41) is 24.4. The minimum atomic E-state index is -0.632. The predicted molar refractivity (Wildman–Crippen MR) is 196 cm³/mol. The third kappa shape index (κ3) is 5.03. The Hall–Kier alpha value is -2.04. The van der Waals surface area contributed by atoms with E-state index in [9.17, 15) is 9.90 Å². The van der Waals surface area contributed by atoms with Gasteiger partial charge in [-0.05, 0) is 116 Å². The highest BCUT2D eigenvalue weighted by atomic mass is 16.5. The van der Waals surface area contributed by atoms with Gasteiger partial charge in [-0.2, -0.15) is 4.80 Å². The van der Waals surface area contributed by atoms with E-state index in [1.807, 2.05) is 0 Å². The van der Waals surface area contributed by atoms with Crippen LogP contribution in [0.15, 0.2) is 11.6 Å². The Morgan fingerprint density at radius 3 is 2.38 bits per heavy atom. The average molecular weight is 697 g/mol. The van der Waals surface area contributed by atoms with Crippen molar-refractivity contribution in [2.24, 2.45) is 62.6 Å². The van der Waals surface area contributed by atoms with Gasteiger partial charge in [0.05, 0.1) is 31.8 Å². The van der Waals surface area contributed by atoms with Gasteiger partial charge in [0.1, 0.15) is 6.04 Å². The van der Waals surface area contributed by atoms with Crippen molar-refractivity contribution in [1.29, 1.82) is 0 Å². The number of allylic oxidation sites excluding steroid dienone is 1. The van der Waals surface area contributed by atoms with Crippen LogP contribution in [0.25, 0.3) is 0 Å². The number of ether oxygens (including phenoxy) is 2. The number of carboxylic acids is 1. The van der Waals surface area contributed by atoms with Crippen LogP contribution in [0, 0.1) is 62.6 Å². The minimum Gasteiger partial charge on any atom is -0.481 e. The first-order chi connectivity index (χ1) is 23.3. The summed E-state index contributed by atoms with van der Waals surface area (Å²) in [7, 11) is 4.34. The van der Waals surface area contributed by atoms with E-state index in [0.29, 0.717) is 43.5 Å². The van der Waals surface area contributed by atoms with Gasteiger partial charge >= 0.3 is 5.97 Å². The fraction of sp³-hybridized carbons (Fsp3) is 0.900. The first kappa shape index (κ1) is 37.7. The van der Waals surface area contributed by atoms with Crippen LogP contribution in [-0.4, -0.2) is 81.7 Å². The number of rotatable bonds is 10. The number of hydrogen-bond acceptors (Lipinski definition) is 8. The largest absolute Gasteiger partial charge is 0.481 e. The molecule has 1 aromatic rings. The highest BCUT2D eigenvalue weighted by molar-refractivity contribution is 5.73. The maximum Gasteiger partial charge on any atom is 0.307 e. The van der Waals surface area contributed by atoms with Crippen LogP contribution in [0.4, 0.5) is 5.95 Å². The molecule has 0 radical (unpaired) electrons. The van der Waals surface area contributed by atoms with Gasteiger partial charge in [-0.25, -0.2) is 0 Å². The summed E-state index contributed by atoms with van der Waals surface area (Å²) in [6.45, 7) is 25.0. The number of aromatic nitrogens is 4. The quantitative estimate of drug-likeness (QED) is 0.245. The number of anilines is 1. The molecule has 12 atom stereocenters. The van der Waals surface area contributed by atoms with E-state index in [1.54, 1.807) is 4.80 Å². The first-order valence-corrected chi connectivity index (χ1v) is 19.6. The zero-order chi connectivity index (χ0) is 36.8. The molecule has 1 aliphatic heterocycles. The number of carbonyl (C=O) groups is 1. The molecule has 50 heavy (non-hydrogen) atoms. The molecular weight excluding hydrogens is 628 g/mol. The van der Waals surface area contributed by atoms with Gasteiger partial charge in [0.15, 0.2) is 0 Å². The second kappa shape index (κ2) is 12.5. The summed E-state index contributed by atoms with van der Waals surface area (Å²) in [5.74, 6) is 0.790. The number of nitrogens with zero attached hydrogens (tertiary/aromatic N) is 5. The molecule has 2 heterocycles. The molecule has 0 aromatic carbocycles. The van der Waals surface area contributed by atoms with Gasteiger partial charge in [0.2, 0.25) is 0 Å². The molecule has 10 nitrogen and oxygen atoms in total. The standard InChI is InChI=1S/C40H68N6O4/c1-13-39(25(4)5,45(11)12)22-50-32-29(46-43-34(41)42-44-46)20-35(7)21-49-23-40(32)28-16-17-38(10)31(33(47)48)36(8,26(6)24(2)3)18-19-37(38,9)27(28)14-15-30(35)40/h16,24-27,29-32H,13-15,17-23H2,1-12H3,(H2,41,43)(H,47,48)/t26-,27+,29-,30-,31-,32+,35-,36-,37-,38+,39?,40+/m1/s1. The SMILES string of the molecule is CCC(CO[C@H]1[C@H](n2nnc(N)n2)C[C@]2(C)COC[C@@]13C1=CC[C@@]4(C)[C@H](C(=O)O)[C@@](C)([C@H](C)C(C)C)CC[C@]4(C)[C@H]1CC[C@H]23)(C(C)C)N(C)C. The molecule has 6 rings (SSSR count). The lowest BCUT2D eigenvalue weighted by Gasteiger charge is -2.71. The molecule has 1 unspecified atom stereocenters. The molecule has 2 bridgehead atoms. The van der Waals surface area contributed by atoms with Crippen molar-refractivity contribution in [3.8, 4) is 0 Å². The molecule has 0 spiro atoms. The summed E-state index contributed by atoms with van der Waals surface area (Å²) >= 11 is 0. The van der Waals surface area contributed by atoms with E-state index in [0.717, 1.165) is 44.9 Å². The lowest BCUT2D eigenvalue weighted by molar-refractivity contribution is -0.258. The van der Waals surface area contributed by atoms with Crippen LogP contribution in [0.5, 0.6) is 0 Å². The summed E-state index contributed by atoms with van der Waals surface area (Å²) < 4.78 is 14.2. The third-order valence-corrected chi connectivity index (χ3v) is 16.8. The fourth-order valence-corrected chi connectivity index (χ4v) is 13.3. The number of tetrazole rings is 1. The molecule has 3 N–H and O–H groups in total. The number of likely N-dealkylation sites (N-methyl/N-ethyl adjacent to an activating group) is 1. The average Bonchev–Trinajstić information content (AvgIpc) is 3.47. The number of nitrogen functional groups attached to an aromatic ring is 1. The van der Waals surface area contributed by atoms with Gasteiger partial charge in [-0.3, -0.25) is 4.79 Å². The van der Waals surface area contributed by atoms with Gasteiger partial charge in [-0.15, -0.1) is 5.10 Å². The topological polar surface area (TPSA) is 129 Å². The van der Waals surface area contributed by atoms with Gasteiger partial charge in [-0.1, -0.05) is 86.0 Å². The highest BCUT2D eigenvalue weighted by Crippen LogP contribution is 2.75. The van der Waals surface area contributed by atoms with Crippen molar-refractivity contribution < 1.29 is 19.4 Å². The number of aliphatic carboxylic acids is 1. The zero-order valence-electron chi connectivity index (χ0n) is 33.3. The predicted octanol–water partition coefficient (Wildman–Crippen LogP) is 7.14. The number of nitrogens with two attached hydrogens (primary N) is 1. The Kier molecular flexibility index (Phi) is 9.45. The molecule has 3 saturated carbocycles. The number of hydrogen-bond donors (Lipinski definition) is 2. The second-order valence-electron chi connectivity index (χ2n) is 19.4. The molecule has 5 aliphatic rings. The number of fused-ring (bicyclic) bond motifs is 3. The molecule has 1 aromatic heterocycles. The van der Waals surface area contributed by atoms with E-state index < -0.39 is 22.7 Å². The van der Waals surface area contributed by atoms with E-state index in [1.165, 1.54) is 5.57 Å². The highest BCUT2D eigenvalue weighted by Gasteiger charge is 2.73. The van der Waals surface area contributed by atoms with Crippen molar-refractivity contribution in [3.05, 3.63) is 11.6 Å². The third-order valence-electron chi connectivity index (χ3n) is 16.8. The monoisotopic (exact) mass is 697 g/mol. The van der Waals surface area contributed by atoms with Crippen LogP contribution < -0.4 is 5.73 Å². The van der Waals surface area contributed by atoms with Crippen molar-refractivity contribution in [3.63, 3.8) is 0 Å². The lowest BCUT2D eigenvalue weighted by Crippen LogP contribution is -2.70. The fourth-order valence-electron chi connectivity index (χ4n) is 13.3. The number of carboxylic acid groups (broad SMARTS) is 1. The molecule has 10 heteroatoms. The van der Waals surface area contributed by atoms with E-state index >= 15 is 0 Å². The Morgan fingerprint density at radius 1 is 1.12 bits per heavy atom. The Balaban J connectivity index is 1.52. The minimum absolute atomic E-state index is 0.110. The van der Waals surface area contributed by atoms with Crippen molar-refractivity contribution in [2.45, 2.75) is 132 Å².